The van der Waals surface area contributed by atoms with E-state index in [1.54, 1.807) is 0 Å². The lowest BCUT2D eigenvalue weighted by Gasteiger charge is -1.99. The molecule has 0 radical (unpaired) electrons. The molecular formula is C9H5ClF2N2S. The first kappa shape index (κ1) is 10.4. The van der Waals surface area contributed by atoms with Crippen LogP contribution < -0.4 is 0 Å². The van der Waals surface area contributed by atoms with E-state index in [1.807, 2.05) is 0 Å². The van der Waals surface area contributed by atoms with Crippen LogP contribution in [0, 0.1) is 11.6 Å². The molecule has 78 valence electrons. The van der Waals surface area contributed by atoms with Crippen molar-refractivity contribution in [3.8, 4) is 0 Å². The van der Waals surface area contributed by atoms with Gasteiger partial charge in [0, 0.05) is 12.5 Å². The van der Waals surface area contributed by atoms with Crippen LogP contribution in [0.25, 0.3) is 0 Å². The van der Waals surface area contributed by atoms with E-state index in [0.29, 0.717) is 15.9 Å². The van der Waals surface area contributed by atoms with Crippen molar-refractivity contribution in [1.82, 2.24) is 9.36 Å². The largest absolute Gasteiger partial charge is 0.208 e. The number of benzene rings is 1. The van der Waals surface area contributed by atoms with Crippen molar-refractivity contribution >= 4 is 23.1 Å². The van der Waals surface area contributed by atoms with E-state index in [-0.39, 0.29) is 6.42 Å². The molecule has 0 spiro atoms. The fraction of sp³-hybridized carbons (Fsp3) is 0.111. The molecule has 0 fully saturated rings. The van der Waals surface area contributed by atoms with Gasteiger partial charge in [-0.1, -0.05) is 6.07 Å². The van der Waals surface area contributed by atoms with Crippen LogP contribution in [-0.2, 0) is 6.42 Å². The predicted molar refractivity (Wildman–Crippen MR) is 54.1 cm³/mol. The quantitative estimate of drug-likeness (QED) is 0.814. The molecule has 1 aromatic carbocycles. The first-order valence-corrected chi connectivity index (χ1v) is 5.22. The fourth-order valence-corrected chi connectivity index (χ4v) is 1.77. The smallest absolute Gasteiger partial charge is 0.203 e. The number of hydrogen-bond acceptors (Lipinski definition) is 3. The standard InChI is InChI=1S/C9H5ClF2N2S/c10-9-13-8(14-15-9)3-5-1-2-6(11)4-7(5)12/h1-2,4H,3H2. The Hall–Kier alpha value is -1.07. The van der Waals surface area contributed by atoms with Gasteiger partial charge in [-0.25, -0.2) is 13.8 Å². The summed E-state index contributed by atoms with van der Waals surface area (Å²) in [5.74, 6) is -0.753. The van der Waals surface area contributed by atoms with Crippen molar-refractivity contribution < 1.29 is 8.78 Å². The van der Waals surface area contributed by atoms with E-state index >= 15 is 0 Å². The zero-order valence-corrected chi connectivity index (χ0v) is 8.95. The Bertz CT molecular complexity index is 487. The van der Waals surface area contributed by atoms with Crippen LogP contribution in [-0.4, -0.2) is 9.36 Å². The molecule has 1 heterocycles. The minimum atomic E-state index is -0.597. The summed E-state index contributed by atoms with van der Waals surface area (Å²) >= 11 is 6.62. The SMILES string of the molecule is Fc1ccc(Cc2nsc(Cl)n2)c(F)c1. The van der Waals surface area contributed by atoms with Crippen LogP contribution in [0.2, 0.25) is 4.47 Å². The first-order valence-electron chi connectivity index (χ1n) is 4.07. The second-order valence-electron chi connectivity index (χ2n) is 2.88. The van der Waals surface area contributed by atoms with Gasteiger partial charge < -0.3 is 0 Å². The van der Waals surface area contributed by atoms with Crippen molar-refractivity contribution in [3.63, 3.8) is 0 Å². The highest BCUT2D eigenvalue weighted by molar-refractivity contribution is 7.10. The van der Waals surface area contributed by atoms with Crippen LogP contribution in [0.5, 0.6) is 0 Å². The molecule has 2 rings (SSSR count). The zero-order valence-electron chi connectivity index (χ0n) is 7.38. The topological polar surface area (TPSA) is 25.8 Å². The molecule has 0 bridgehead atoms. The maximum absolute atomic E-state index is 13.2. The van der Waals surface area contributed by atoms with Gasteiger partial charge in [-0.2, -0.15) is 4.37 Å². The summed E-state index contributed by atoms with van der Waals surface area (Å²) in [6.45, 7) is 0. The Morgan fingerprint density at radius 3 is 2.73 bits per heavy atom. The molecule has 0 N–H and O–H groups in total. The molecule has 2 aromatic rings. The molecule has 15 heavy (non-hydrogen) atoms. The summed E-state index contributed by atoms with van der Waals surface area (Å²) in [5.41, 5.74) is 0.353. The molecule has 6 heteroatoms. The number of aromatic nitrogens is 2. The predicted octanol–water partition coefficient (Wildman–Crippen LogP) is 3.06. The Labute approximate surface area is 93.7 Å². The molecular weight excluding hydrogens is 242 g/mol. The van der Waals surface area contributed by atoms with Crippen LogP contribution in [0.15, 0.2) is 18.2 Å². The van der Waals surface area contributed by atoms with E-state index in [4.69, 9.17) is 11.6 Å². The Morgan fingerprint density at radius 2 is 2.13 bits per heavy atom. The summed E-state index contributed by atoms with van der Waals surface area (Å²) in [4.78, 5) is 3.88. The zero-order chi connectivity index (χ0) is 10.8. The van der Waals surface area contributed by atoms with Gasteiger partial charge in [0.15, 0.2) is 0 Å². The van der Waals surface area contributed by atoms with E-state index < -0.39 is 11.6 Å². The van der Waals surface area contributed by atoms with Gasteiger partial charge in [-0.05, 0) is 34.8 Å². The molecule has 0 aliphatic carbocycles. The summed E-state index contributed by atoms with van der Waals surface area (Å²) in [6.07, 6.45) is 0.218. The maximum Gasteiger partial charge on any atom is 0.203 e. The van der Waals surface area contributed by atoms with E-state index in [1.165, 1.54) is 12.1 Å². The lowest BCUT2D eigenvalue weighted by molar-refractivity contribution is 0.574. The van der Waals surface area contributed by atoms with E-state index in [9.17, 15) is 8.78 Å². The first-order chi connectivity index (χ1) is 7.15. The Morgan fingerprint density at radius 1 is 1.33 bits per heavy atom. The monoisotopic (exact) mass is 246 g/mol. The van der Waals surface area contributed by atoms with Gasteiger partial charge in [0.2, 0.25) is 4.47 Å². The molecule has 0 unspecified atom stereocenters. The highest BCUT2D eigenvalue weighted by Crippen LogP contribution is 2.16. The number of halogens is 3. The number of hydrogen-bond donors (Lipinski definition) is 0. The molecule has 0 aliphatic rings. The van der Waals surface area contributed by atoms with Gasteiger partial charge in [-0.3, -0.25) is 0 Å². The van der Waals surface area contributed by atoms with E-state index in [0.717, 1.165) is 17.6 Å². The third kappa shape index (κ3) is 2.49. The Kier molecular flexibility index (Phi) is 2.93. The van der Waals surface area contributed by atoms with Crippen molar-refractivity contribution in [2.75, 3.05) is 0 Å². The van der Waals surface area contributed by atoms with Crippen LogP contribution in [0.4, 0.5) is 8.78 Å². The lowest BCUT2D eigenvalue weighted by atomic mass is 10.1. The third-order valence-electron chi connectivity index (χ3n) is 1.81. The summed E-state index contributed by atoms with van der Waals surface area (Å²) in [5, 5.41) is 0. The molecule has 0 saturated heterocycles. The normalized spacial score (nSPS) is 10.6. The average molecular weight is 247 g/mol. The van der Waals surface area contributed by atoms with Gasteiger partial charge in [0.1, 0.15) is 17.5 Å². The van der Waals surface area contributed by atoms with Crippen molar-refractivity contribution in [2.24, 2.45) is 0 Å². The van der Waals surface area contributed by atoms with Gasteiger partial charge in [0.25, 0.3) is 0 Å². The summed E-state index contributed by atoms with van der Waals surface area (Å²) in [7, 11) is 0. The highest BCUT2D eigenvalue weighted by atomic mass is 35.5. The second-order valence-corrected chi connectivity index (χ2v) is 4.21. The molecule has 1 aromatic heterocycles. The van der Waals surface area contributed by atoms with Gasteiger partial charge >= 0.3 is 0 Å². The van der Waals surface area contributed by atoms with Crippen molar-refractivity contribution in [1.29, 1.82) is 0 Å². The number of rotatable bonds is 2. The number of nitrogens with zero attached hydrogens (tertiary/aromatic N) is 2. The molecule has 0 amide bonds. The van der Waals surface area contributed by atoms with E-state index in [2.05, 4.69) is 9.36 Å². The minimum absolute atomic E-state index is 0.218. The Balaban J connectivity index is 2.24. The maximum atomic E-state index is 13.2. The third-order valence-corrected chi connectivity index (χ3v) is 2.64. The van der Waals surface area contributed by atoms with Crippen LogP contribution in [0.3, 0.4) is 0 Å². The molecule has 2 nitrogen and oxygen atoms in total. The highest BCUT2D eigenvalue weighted by Gasteiger charge is 2.08. The van der Waals surface area contributed by atoms with Crippen molar-refractivity contribution in [2.45, 2.75) is 6.42 Å². The van der Waals surface area contributed by atoms with Crippen LogP contribution >= 0.6 is 23.1 Å². The van der Waals surface area contributed by atoms with Gasteiger partial charge in [-0.15, -0.1) is 0 Å². The average Bonchev–Trinajstić information content (AvgIpc) is 2.56. The van der Waals surface area contributed by atoms with Gasteiger partial charge in [0.05, 0.1) is 0 Å². The van der Waals surface area contributed by atoms with Crippen LogP contribution in [0.1, 0.15) is 11.4 Å². The minimum Gasteiger partial charge on any atom is -0.208 e. The molecule has 0 atom stereocenters. The fourth-order valence-electron chi connectivity index (χ4n) is 1.14. The molecule has 0 saturated carbocycles. The second kappa shape index (κ2) is 4.20. The summed E-state index contributed by atoms with van der Waals surface area (Å²) < 4.78 is 30.0. The summed E-state index contributed by atoms with van der Waals surface area (Å²) in [6, 6.07) is 3.41. The molecule has 0 aliphatic heterocycles. The lowest BCUT2D eigenvalue weighted by Crippen LogP contribution is -1.95. The van der Waals surface area contributed by atoms with Crippen molar-refractivity contribution in [3.05, 3.63) is 45.7 Å².